The normalized spacial score (nSPS) is 9.42. The predicted molar refractivity (Wildman–Crippen MR) is 42.9 cm³/mol. The van der Waals surface area contributed by atoms with Gasteiger partial charge in [0.2, 0.25) is 5.13 Å². The van der Waals surface area contributed by atoms with Gasteiger partial charge in [0, 0.05) is 6.54 Å². The van der Waals surface area contributed by atoms with Crippen molar-refractivity contribution in [3.8, 4) is 0 Å². The third-order valence-corrected chi connectivity index (χ3v) is 1.57. The van der Waals surface area contributed by atoms with Crippen LogP contribution in [0.2, 0.25) is 0 Å². The summed E-state index contributed by atoms with van der Waals surface area (Å²) in [6, 6.07) is -0.468. The summed E-state index contributed by atoms with van der Waals surface area (Å²) in [5.74, 6) is 0. The minimum atomic E-state index is -0.580. The average molecular weight is 190 g/mol. The molecule has 1 aromatic heterocycles. The van der Waals surface area contributed by atoms with E-state index in [-0.39, 0.29) is 6.54 Å². The number of anilines is 1. The van der Waals surface area contributed by atoms with Crippen molar-refractivity contribution in [1.82, 2.24) is 15.5 Å². The minimum Gasteiger partial charge on any atom is -0.335 e. The molecule has 5 nitrogen and oxygen atoms in total. The van der Waals surface area contributed by atoms with Gasteiger partial charge < -0.3 is 5.32 Å². The molecule has 0 saturated heterocycles. The maximum absolute atomic E-state index is 11.6. The van der Waals surface area contributed by atoms with Gasteiger partial charge in [0.15, 0.2) is 0 Å². The standard InChI is InChI=1S/C5H7FN4OS/c6-1-2-7-4(11)9-5-10-8-3-12-5/h3H,1-2H2,(H2,7,9,10,11). The van der Waals surface area contributed by atoms with Gasteiger partial charge in [-0.15, -0.1) is 10.2 Å². The smallest absolute Gasteiger partial charge is 0.321 e. The van der Waals surface area contributed by atoms with Crippen LogP contribution in [0.15, 0.2) is 5.51 Å². The number of carbonyl (C=O) groups is 1. The molecule has 0 bridgehead atoms. The number of hydrogen-bond donors (Lipinski definition) is 2. The van der Waals surface area contributed by atoms with Crippen LogP contribution in [0.5, 0.6) is 0 Å². The number of nitrogens with one attached hydrogen (secondary N) is 2. The summed E-state index contributed by atoms with van der Waals surface area (Å²) < 4.78 is 11.6. The number of nitrogens with zero attached hydrogens (tertiary/aromatic N) is 2. The van der Waals surface area contributed by atoms with E-state index in [0.29, 0.717) is 5.13 Å². The van der Waals surface area contributed by atoms with Gasteiger partial charge in [-0.1, -0.05) is 11.3 Å². The number of rotatable bonds is 3. The van der Waals surface area contributed by atoms with E-state index in [2.05, 4.69) is 20.8 Å². The summed E-state index contributed by atoms with van der Waals surface area (Å²) in [4.78, 5) is 10.8. The zero-order valence-electron chi connectivity index (χ0n) is 6.08. The van der Waals surface area contributed by atoms with Crippen LogP contribution in [-0.2, 0) is 0 Å². The Kier molecular flexibility index (Phi) is 3.39. The van der Waals surface area contributed by atoms with E-state index >= 15 is 0 Å². The fraction of sp³-hybridized carbons (Fsp3) is 0.400. The first-order valence-corrected chi connectivity index (χ1v) is 4.08. The summed E-state index contributed by atoms with van der Waals surface area (Å²) in [7, 11) is 0. The molecule has 0 spiro atoms. The monoisotopic (exact) mass is 190 g/mol. The highest BCUT2D eigenvalue weighted by Gasteiger charge is 2.01. The molecule has 0 aromatic carbocycles. The molecule has 0 saturated carbocycles. The molecular weight excluding hydrogens is 183 g/mol. The quantitative estimate of drug-likeness (QED) is 0.734. The van der Waals surface area contributed by atoms with Crippen LogP contribution in [0.3, 0.4) is 0 Å². The summed E-state index contributed by atoms with van der Waals surface area (Å²) >= 11 is 1.20. The van der Waals surface area contributed by atoms with E-state index in [1.54, 1.807) is 0 Å². The topological polar surface area (TPSA) is 66.9 Å². The van der Waals surface area contributed by atoms with Gasteiger partial charge >= 0.3 is 6.03 Å². The van der Waals surface area contributed by atoms with Crippen LogP contribution in [0.25, 0.3) is 0 Å². The van der Waals surface area contributed by atoms with Crippen molar-refractivity contribution >= 4 is 22.5 Å². The van der Waals surface area contributed by atoms with Crippen molar-refractivity contribution in [2.24, 2.45) is 0 Å². The summed E-state index contributed by atoms with van der Waals surface area (Å²) in [5.41, 5.74) is 1.49. The van der Waals surface area contributed by atoms with Crippen LogP contribution in [0.4, 0.5) is 14.3 Å². The Morgan fingerprint density at radius 2 is 2.58 bits per heavy atom. The molecule has 66 valence electrons. The third kappa shape index (κ3) is 2.79. The van der Waals surface area contributed by atoms with Crippen molar-refractivity contribution in [1.29, 1.82) is 0 Å². The lowest BCUT2D eigenvalue weighted by atomic mass is 10.7. The van der Waals surface area contributed by atoms with Gasteiger partial charge in [-0.05, 0) is 0 Å². The molecule has 1 aromatic rings. The largest absolute Gasteiger partial charge is 0.335 e. The Morgan fingerprint density at radius 1 is 1.75 bits per heavy atom. The van der Waals surface area contributed by atoms with Crippen LogP contribution in [0, 0.1) is 0 Å². The lowest BCUT2D eigenvalue weighted by Crippen LogP contribution is -2.30. The zero-order valence-corrected chi connectivity index (χ0v) is 6.90. The molecule has 2 N–H and O–H groups in total. The Morgan fingerprint density at radius 3 is 3.17 bits per heavy atom. The summed E-state index contributed by atoms with van der Waals surface area (Å²) in [6.07, 6.45) is 0. The van der Waals surface area contributed by atoms with Gasteiger partial charge in [-0.3, -0.25) is 5.32 Å². The lowest BCUT2D eigenvalue weighted by molar-refractivity contribution is 0.251. The van der Waals surface area contributed by atoms with E-state index < -0.39 is 12.7 Å². The van der Waals surface area contributed by atoms with E-state index in [4.69, 9.17) is 0 Å². The molecule has 0 aliphatic heterocycles. The number of amides is 2. The second-order valence-electron chi connectivity index (χ2n) is 1.81. The molecule has 0 radical (unpaired) electrons. The van der Waals surface area contributed by atoms with Gasteiger partial charge in [-0.2, -0.15) is 0 Å². The molecule has 0 atom stereocenters. The molecule has 1 heterocycles. The molecular formula is C5H7FN4OS. The maximum Gasteiger partial charge on any atom is 0.321 e. The van der Waals surface area contributed by atoms with Crippen LogP contribution in [0.1, 0.15) is 0 Å². The number of alkyl halides is 1. The average Bonchev–Trinajstić information content (AvgIpc) is 2.53. The maximum atomic E-state index is 11.6. The molecule has 12 heavy (non-hydrogen) atoms. The van der Waals surface area contributed by atoms with Crippen molar-refractivity contribution in [3.63, 3.8) is 0 Å². The highest BCUT2D eigenvalue weighted by Crippen LogP contribution is 2.06. The number of aromatic nitrogens is 2. The fourth-order valence-electron chi connectivity index (χ4n) is 0.530. The molecule has 0 aliphatic carbocycles. The van der Waals surface area contributed by atoms with Crippen molar-refractivity contribution in [2.75, 3.05) is 18.5 Å². The van der Waals surface area contributed by atoms with Crippen LogP contribution < -0.4 is 10.6 Å². The Hall–Kier alpha value is -1.24. The second kappa shape index (κ2) is 4.60. The number of urea groups is 1. The predicted octanol–water partition coefficient (Wildman–Crippen LogP) is 0.629. The Bertz CT molecular complexity index is 240. The fourth-order valence-corrected chi connectivity index (χ4v) is 0.970. The van der Waals surface area contributed by atoms with Crippen molar-refractivity contribution in [2.45, 2.75) is 0 Å². The number of halogens is 1. The number of hydrogen-bond acceptors (Lipinski definition) is 4. The third-order valence-electron chi connectivity index (χ3n) is 0.961. The minimum absolute atomic E-state index is 0.00460. The lowest BCUT2D eigenvalue weighted by Gasteiger charge is -2.00. The first-order chi connectivity index (χ1) is 5.83. The first-order valence-electron chi connectivity index (χ1n) is 3.20. The van der Waals surface area contributed by atoms with Gasteiger partial charge in [0.25, 0.3) is 0 Å². The molecule has 0 aliphatic rings. The summed E-state index contributed by atoms with van der Waals surface area (Å²) in [6.45, 7) is -0.575. The van der Waals surface area contributed by atoms with E-state index in [1.807, 2.05) is 0 Å². The molecule has 7 heteroatoms. The zero-order chi connectivity index (χ0) is 8.81. The SMILES string of the molecule is O=C(NCCF)Nc1nncs1. The Balaban J connectivity index is 2.27. The van der Waals surface area contributed by atoms with Gasteiger partial charge in [0.1, 0.15) is 12.2 Å². The highest BCUT2D eigenvalue weighted by molar-refractivity contribution is 7.13. The van der Waals surface area contributed by atoms with E-state index in [0.717, 1.165) is 0 Å². The summed E-state index contributed by atoms with van der Waals surface area (Å²) in [5, 5.41) is 12.1. The molecule has 0 fully saturated rings. The van der Waals surface area contributed by atoms with Crippen molar-refractivity contribution in [3.05, 3.63) is 5.51 Å². The highest BCUT2D eigenvalue weighted by atomic mass is 32.1. The van der Waals surface area contributed by atoms with Gasteiger partial charge in [0.05, 0.1) is 0 Å². The van der Waals surface area contributed by atoms with Crippen LogP contribution >= 0.6 is 11.3 Å². The van der Waals surface area contributed by atoms with Crippen molar-refractivity contribution < 1.29 is 9.18 Å². The molecule has 1 rings (SSSR count). The van der Waals surface area contributed by atoms with Gasteiger partial charge in [-0.25, -0.2) is 9.18 Å². The molecule has 0 unspecified atom stereocenters. The second-order valence-corrected chi connectivity index (χ2v) is 2.65. The van der Waals surface area contributed by atoms with E-state index in [1.165, 1.54) is 16.8 Å². The van der Waals surface area contributed by atoms with E-state index in [9.17, 15) is 9.18 Å². The molecule has 2 amide bonds. The van der Waals surface area contributed by atoms with Crippen LogP contribution in [-0.4, -0.2) is 29.4 Å². The number of carbonyl (C=O) groups excluding carboxylic acids is 1. The first kappa shape index (κ1) is 8.85. The Labute approximate surface area is 72.0 Å².